The highest BCUT2D eigenvalue weighted by atomic mass is 16.5. The van der Waals surface area contributed by atoms with E-state index in [9.17, 15) is 4.79 Å². The maximum absolute atomic E-state index is 10.8. The van der Waals surface area contributed by atoms with Gasteiger partial charge in [-0.05, 0) is 17.7 Å². The standard InChI is InChI=1S/C19H24N2O4/c1-24-16-7-6-14(19-15(16)4-3-5-17(19)25-2)12-20-8-10-21(11-9-20)13-18(22)23/h3-7H,8-13H2,1-2H3,(H,22,23). The van der Waals surface area contributed by atoms with Gasteiger partial charge in [-0.15, -0.1) is 0 Å². The molecule has 134 valence electrons. The average molecular weight is 344 g/mol. The molecular weight excluding hydrogens is 320 g/mol. The summed E-state index contributed by atoms with van der Waals surface area (Å²) < 4.78 is 11.1. The Morgan fingerprint density at radius 2 is 1.68 bits per heavy atom. The number of nitrogens with zero attached hydrogens (tertiary/aromatic N) is 2. The van der Waals surface area contributed by atoms with E-state index in [1.807, 2.05) is 29.2 Å². The summed E-state index contributed by atoms with van der Waals surface area (Å²) in [6, 6.07) is 10.1. The van der Waals surface area contributed by atoms with Crippen molar-refractivity contribution in [3.8, 4) is 11.5 Å². The number of carbonyl (C=O) groups is 1. The van der Waals surface area contributed by atoms with Gasteiger partial charge in [-0.2, -0.15) is 0 Å². The van der Waals surface area contributed by atoms with Gasteiger partial charge in [0.05, 0.1) is 20.8 Å². The number of piperazine rings is 1. The van der Waals surface area contributed by atoms with Crippen molar-refractivity contribution in [1.82, 2.24) is 9.80 Å². The van der Waals surface area contributed by atoms with E-state index in [1.165, 1.54) is 5.56 Å². The number of carboxylic acids is 1. The molecule has 1 aliphatic rings. The van der Waals surface area contributed by atoms with Crippen LogP contribution < -0.4 is 9.47 Å². The third-order valence-corrected chi connectivity index (χ3v) is 4.71. The zero-order chi connectivity index (χ0) is 17.8. The Labute approximate surface area is 147 Å². The lowest BCUT2D eigenvalue weighted by Gasteiger charge is -2.34. The summed E-state index contributed by atoms with van der Waals surface area (Å²) in [5, 5.41) is 11.0. The number of hydrogen-bond acceptors (Lipinski definition) is 5. The van der Waals surface area contributed by atoms with Crippen LogP contribution in [0.5, 0.6) is 11.5 Å². The molecule has 0 aromatic heterocycles. The highest BCUT2D eigenvalue weighted by Crippen LogP contribution is 2.35. The molecule has 6 nitrogen and oxygen atoms in total. The predicted octanol–water partition coefficient (Wildman–Crippen LogP) is 2.06. The number of fused-ring (bicyclic) bond motifs is 1. The minimum absolute atomic E-state index is 0.118. The maximum Gasteiger partial charge on any atom is 0.317 e. The molecular formula is C19H24N2O4. The largest absolute Gasteiger partial charge is 0.496 e. The van der Waals surface area contributed by atoms with Crippen molar-refractivity contribution in [2.75, 3.05) is 46.9 Å². The molecule has 1 heterocycles. The van der Waals surface area contributed by atoms with Crippen molar-refractivity contribution in [3.05, 3.63) is 35.9 Å². The van der Waals surface area contributed by atoms with Gasteiger partial charge in [-0.1, -0.05) is 18.2 Å². The Hall–Kier alpha value is -2.31. The molecule has 1 aliphatic heterocycles. The number of ether oxygens (including phenoxy) is 2. The van der Waals surface area contributed by atoms with Gasteiger partial charge < -0.3 is 14.6 Å². The normalized spacial score (nSPS) is 16.1. The van der Waals surface area contributed by atoms with E-state index >= 15 is 0 Å². The summed E-state index contributed by atoms with van der Waals surface area (Å²) in [5.74, 6) is 0.916. The van der Waals surface area contributed by atoms with Crippen LogP contribution in [0.3, 0.4) is 0 Å². The fourth-order valence-electron chi connectivity index (χ4n) is 3.43. The first-order chi connectivity index (χ1) is 12.1. The Kier molecular flexibility index (Phi) is 5.40. The molecule has 0 aliphatic carbocycles. The molecule has 0 bridgehead atoms. The molecule has 1 N–H and O–H groups in total. The van der Waals surface area contributed by atoms with E-state index < -0.39 is 5.97 Å². The van der Waals surface area contributed by atoms with E-state index in [0.717, 1.165) is 55.0 Å². The topological polar surface area (TPSA) is 62.2 Å². The Morgan fingerprint density at radius 3 is 2.32 bits per heavy atom. The zero-order valence-electron chi connectivity index (χ0n) is 14.7. The first-order valence-electron chi connectivity index (χ1n) is 8.41. The van der Waals surface area contributed by atoms with Crippen LogP contribution in [0.2, 0.25) is 0 Å². The zero-order valence-corrected chi connectivity index (χ0v) is 14.7. The molecule has 3 rings (SSSR count). The molecule has 1 saturated heterocycles. The van der Waals surface area contributed by atoms with Crippen molar-refractivity contribution < 1.29 is 19.4 Å². The number of methoxy groups -OCH3 is 2. The molecule has 0 amide bonds. The van der Waals surface area contributed by atoms with Crippen molar-refractivity contribution in [1.29, 1.82) is 0 Å². The Bertz CT molecular complexity index is 754. The van der Waals surface area contributed by atoms with Crippen LogP contribution in [0.15, 0.2) is 30.3 Å². The fraction of sp³-hybridized carbons (Fsp3) is 0.421. The predicted molar refractivity (Wildman–Crippen MR) is 96.4 cm³/mol. The lowest BCUT2D eigenvalue weighted by atomic mass is 10.0. The minimum atomic E-state index is -0.765. The van der Waals surface area contributed by atoms with Gasteiger partial charge in [0.2, 0.25) is 0 Å². The smallest absolute Gasteiger partial charge is 0.317 e. The average Bonchev–Trinajstić information content (AvgIpc) is 2.62. The SMILES string of the molecule is COc1ccc(CN2CCN(CC(=O)O)CC2)c2c(OC)cccc12. The second kappa shape index (κ2) is 7.72. The molecule has 2 aromatic rings. The number of aliphatic carboxylic acids is 1. The molecule has 0 radical (unpaired) electrons. The first-order valence-corrected chi connectivity index (χ1v) is 8.41. The van der Waals surface area contributed by atoms with Crippen LogP contribution >= 0.6 is 0 Å². The second-order valence-corrected chi connectivity index (χ2v) is 6.26. The number of benzene rings is 2. The maximum atomic E-state index is 10.8. The van der Waals surface area contributed by atoms with Gasteiger partial charge in [0.25, 0.3) is 0 Å². The van der Waals surface area contributed by atoms with Gasteiger partial charge in [-0.3, -0.25) is 14.6 Å². The van der Waals surface area contributed by atoms with Crippen molar-refractivity contribution in [2.24, 2.45) is 0 Å². The van der Waals surface area contributed by atoms with Crippen molar-refractivity contribution in [3.63, 3.8) is 0 Å². The van der Waals surface area contributed by atoms with Gasteiger partial charge in [0, 0.05) is 43.5 Å². The van der Waals surface area contributed by atoms with Crippen LogP contribution in [0.25, 0.3) is 10.8 Å². The summed E-state index contributed by atoms with van der Waals surface area (Å²) >= 11 is 0. The van der Waals surface area contributed by atoms with E-state index in [-0.39, 0.29) is 6.54 Å². The molecule has 6 heteroatoms. The quantitative estimate of drug-likeness (QED) is 0.865. The Morgan fingerprint density at radius 1 is 1.00 bits per heavy atom. The van der Waals surface area contributed by atoms with E-state index in [1.54, 1.807) is 14.2 Å². The molecule has 0 unspecified atom stereocenters. The summed E-state index contributed by atoms with van der Waals surface area (Å²) in [6.07, 6.45) is 0. The highest BCUT2D eigenvalue weighted by Gasteiger charge is 2.20. The number of hydrogen-bond donors (Lipinski definition) is 1. The van der Waals surface area contributed by atoms with E-state index in [2.05, 4.69) is 11.0 Å². The third-order valence-electron chi connectivity index (χ3n) is 4.71. The number of rotatable bonds is 6. The monoisotopic (exact) mass is 344 g/mol. The van der Waals surface area contributed by atoms with Crippen molar-refractivity contribution >= 4 is 16.7 Å². The molecule has 1 fully saturated rings. The van der Waals surface area contributed by atoms with Gasteiger partial charge in [0.15, 0.2) is 0 Å². The van der Waals surface area contributed by atoms with Gasteiger partial charge in [0.1, 0.15) is 11.5 Å². The lowest BCUT2D eigenvalue weighted by Crippen LogP contribution is -2.47. The summed E-state index contributed by atoms with van der Waals surface area (Å²) in [5.41, 5.74) is 1.19. The van der Waals surface area contributed by atoms with E-state index in [0.29, 0.717) is 0 Å². The molecule has 0 spiro atoms. The lowest BCUT2D eigenvalue weighted by molar-refractivity contribution is -0.138. The molecule has 25 heavy (non-hydrogen) atoms. The first kappa shape index (κ1) is 17.5. The second-order valence-electron chi connectivity index (χ2n) is 6.26. The van der Waals surface area contributed by atoms with Crippen LogP contribution in [-0.2, 0) is 11.3 Å². The number of carboxylic acid groups (broad SMARTS) is 1. The minimum Gasteiger partial charge on any atom is -0.496 e. The summed E-state index contributed by atoms with van der Waals surface area (Å²) in [7, 11) is 3.36. The van der Waals surface area contributed by atoms with E-state index in [4.69, 9.17) is 14.6 Å². The van der Waals surface area contributed by atoms with Crippen LogP contribution in [0.4, 0.5) is 0 Å². The Balaban J connectivity index is 1.81. The highest BCUT2D eigenvalue weighted by molar-refractivity contribution is 5.95. The van der Waals surface area contributed by atoms with Gasteiger partial charge >= 0.3 is 5.97 Å². The van der Waals surface area contributed by atoms with Crippen LogP contribution in [-0.4, -0.2) is 67.8 Å². The third kappa shape index (κ3) is 3.86. The molecule has 2 aromatic carbocycles. The molecule has 0 atom stereocenters. The van der Waals surface area contributed by atoms with Crippen LogP contribution in [0.1, 0.15) is 5.56 Å². The fourth-order valence-corrected chi connectivity index (χ4v) is 3.43. The van der Waals surface area contributed by atoms with Gasteiger partial charge in [-0.25, -0.2) is 0 Å². The summed E-state index contributed by atoms with van der Waals surface area (Å²) in [6.45, 7) is 4.19. The van der Waals surface area contributed by atoms with Crippen LogP contribution in [0, 0.1) is 0 Å². The molecule has 0 saturated carbocycles. The van der Waals surface area contributed by atoms with Crippen molar-refractivity contribution in [2.45, 2.75) is 6.54 Å². The summed E-state index contributed by atoms with van der Waals surface area (Å²) in [4.78, 5) is 15.2.